The molecule has 1 N–H and O–H groups in total. The van der Waals surface area contributed by atoms with Gasteiger partial charge in [-0.05, 0) is 24.1 Å². The monoisotopic (exact) mass is 296 g/mol. The molecule has 0 aliphatic carbocycles. The SMILES string of the molecule is CC(C)CNCc1ncn(Cc2cccc(F)c2Cl)n1. The normalized spacial score (nSPS) is 11.2. The molecule has 4 nitrogen and oxygen atoms in total. The van der Waals surface area contributed by atoms with Gasteiger partial charge in [-0.15, -0.1) is 0 Å². The van der Waals surface area contributed by atoms with E-state index in [-0.39, 0.29) is 5.02 Å². The van der Waals surface area contributed by atoms with Crippen LogP contribution in [0.25, 0.3) is 0 Å². The van der Waals surface area contributed by atoms with Crippen molar-refractivity contribution in [2.75, 3.05) is 6.54 Å². The van der Waals surface area contributed by atoms with Crippen LogP contribution in [0, 0.1) is 11.7 Å². The molecule has 0 unspecified atom stereocenters. The van der Waals surface area contributed by atoms with Crippen molar-refractivity contribution in [2.24, 2.45) is 5.92 Å². The molecule has 2 aromatic rings. The predicted octanol–water partition coefficient (Wildman–Crippen LogP) is 2.86. The average Bonchev–Trinajstić information content (AvgIpc) is 2.82. The molecule has 0 spiro atoms. The van der Waals surface area contributed by atoms with Crippen LogP contribution in [0.15, 0.2) is 24.5 Å². The molecule has 0 radical (unpaired) electrons. The van der Waals surface area contributed by atoms with Crippen LogP contribution in [-0.4, -0.2) is 21.3 Å². The van der Waals surface area contributed by atoms with Crippen LogP contribution in [0.1, 0.15) is 25.2 Å². The summed E-state index contributed by atoms with van der Waals surface area (Å²) in [5.41, 5.74) is 0.693. The predicted molar refractivity (Wildman–Crippen MR) is 77.1 cm³/mol. The molecule has 1 aromatic carbocycles. The summed E-state index contributed by atoms with van der Waals surface area (Å²) >= 11 is 5.92. The first-order valence-corrected chi connectivity index (χ1v) is 6.96. The molecular weight excluding hydrogens is 279 g/mol. The minimum absolute atomic E-state index is 0.141. The van der Waals surface area contributed by atoms with Crippen LogP contribution < -0.4 is 5.32 Å². The van der Waals surface area contributed by atoms with Gasteiger partial charge >= 0.3 is 0 Å². The van der Waals surface area contributed by atoms with Crippen LogP contribution >= 0.6 is 11.6 Å². The summed E-state index contributed by atoms with van der Waals surface area (Å²) in [5, 5.41) is 7.75. The van der Waals surface area contributed by atoms with E-state index in [1.165, 1.54) is 6.07 Å². The summed E-state index contributed by atoms with van der Waals surface area (Å²) in [6, 6.07) is 4.76. The minimum atomic E-state index is -0.414. The highest BCUT2D eigenvalue weighted by molar-refractivity contribution is 6.31. The molecule has 0 atom stereocenters. The highest BCUT2D eigenvalue weighted by Gasteiger charge is 2.08. The van der Waals surface area contributed by atoms with E-state index in [1.807, 2.05) is 0 Å². The van der Waals surface area contributed by atoms with Gasteiger partial charge in [0.2, 0.25) is 0 Å². The molecule has 20 heavy (non-hydrogen) atoms. The van der Waals surface area contributed by atoms with E-state index >= 15 is 0 Å². The lowest BCUT2D eigenvalue weighted by Gasteiger charge is -2.05. The van der Waals surface area contributed by atoms with Crippen LogP contribution in [-0.2, 0) is 13.1 Å². The summed E-state index contributed by atoms with van der Waals surface area (Å²) in [5.74, 6) is 0.893. The highest BCUT2D eigenvalue weighted by Crippen LogP contribution is 2.20. The first kappa shape index (κ1) is 14.9. The summed E-state index contributed by atoms with van der Waals surface area (Å²) in [4.78, 5) is 4.21. The second-order valence-corrected chi connectivity index (χ2v) is 5.47. The van der Waals surface area contributed by atoms with Gasteiger partial charge in [0.1, 0.15) is 12.1 Å². The molecule has 0 bridgehead atoms. The minimum Gasteiger partial charge on any atom is -0.310 e. The molecule has 0 aliphatic rings. The Kier molecular flexibility index (Phi) is 5.09. The van der Waals surface area contributed by atoms with Gasteiger partial charge in [-0.3, -0.25) is 0 Å². The molecule has 6 heteroatoms. The molecule has 1 heterocycles. The quantitative estimate of drug-likeness (QED) is 0.891. The third kappa shape index (κ3) is 4.02. The Morgan fingerprint density at radius 3 is 2.95 bits per heavy atom. The highest BCUT2D eigenvalue weighted by atomic mass is 35.5. The topological polar surface area (TPSA) is 42.7 Å². The number of hydrogen-bond donors (Lipinski definition) is 1. The Labute approximate surface area is 123 Å². The lowest BCUT2D eigenvalue weighted by atomic mass is 10.2. The van der Waals surface area contributed by atoms with E-state index in [1.54, 1.807) is 23.1 Å². The van der Waals surface area contributed by atoms with Gasteiger partial charge in [-0.2, -0.15) is 5.10 Å². The standard InChI is InChI=1S/C14H18ClFN4/c1-10(2)6-17-7-13-18-9-20(19-13)8-11-4-3-5-12(16)14(11)15/h3-5,9-10,17H,6-8H2,1-2H3. The number of rotatable bonds is 6. The Morgan fingerprint density at radius 2 is 2.20 bits per heavy atom. The van der Waals surface area contributed by atoms with Gasteiger partial charge in [0.25, 0.3) is 0 Å². The fraction of sp³-hybridized carbons (Fsp3) is 0.429. The third-order valence-electron chi connectivity index (χ3n) is 2.78. The number of nitrogens with one attached hydrogen (secondary N) is 1. The van der Waals surface area contributed by atoms with Crippen molar-refractivity contribution in [3.05, 3.63) is 46.8 Å². The van der Waals surface area contributed by atoms with Crippen molar-refractivity contribution in [3.8, 4) is 0 Å². The Hall–Kier alpha value is -1.46. The smallest absolute Gasteiger partial charge is 0.164 e. The number of benzene rings is 1. The lowest BCUT2D eigenvalue weighted by Crippen LogP contribution is -2.19. The second kappa shape index (κ2) is 6.81. The maximum atomic E-state index is 13.3. The van der Waals surface area contributed by atoms with Gasteiger partial charge in [0.15, 0.2) is 5.82 Å². The maximum absolute atomic E-state index is 13.3. The van der Waals surface area contributed by atoms with Gasteiger partial charge in [-0.1, -0.05) is 37.6 Å². The number of halogens is 2. The molecule has 0 aliphatic heterocycles. The molecule has 2 rings (SSSR count). The molecule has 0 fully saturated rings. The Morgan fingerprint density at radius 1 is 1.40 bits per heavy atom. The summed E-state index contributed by atoms with van der Waals surface area (Å²) in [6.07, 6.45) is 1.63. The third-order valence-corrected chi connectivity index (χ3v) is 3.21. The largest absolute Gasteiger partial charge is 0.310 e. The molecule has 0 saturated carbocycles. The zero-order chi connectivity index (χ0) is 14.5. The summed E-state index contributed by atoms with van der Waals surface area (Å²) < 4.78 is 15.0. The molecule has 1 aromatic heterocycles. The van der Waals surface area contributed by atoms with E-state index in [0.717, 1.165) is 12.4 Å². The van der Waals surface area contributed by atoms with Crippen LogP contribution in [0.3, 0.4) is 0 Å². The van der Waals surface area contributed by atoms with Crippen molar-refractivity contribution in [1.29, 1.82) is 0 Å². The van der Waals surface area contributed by atoms with Crippen LogP contribution in [0.5, 0.6) is 0 Å². The van der Waals surface area contributed by atoms with E-state index in [0.29, 0.717) is 24.6 Å². The number of hydrogen-bond acceptors (Lipinski definition) is 3. The van der Waals surface area contributed by atoms with Crippen molar-refractivity contribution >= 4 is 11.6 Å². The number of nitrogens with zero attached hydrogens (tertiary/aromatic N) is 3. The summed E-state index contributed by atoms with van der Waals surface area (Å²) in [6.45, 7) is 6.25. The van der Waals surface area contributed by atoms with Gasteiger partial charge in [-0.25, -0.2) is 14.1 Å². The van der Waals surface area contributed by atoms with Gasteiger partial charge in [0, 0.05) is 0 Å². The van der Waals surface area contributed by atoms with Crippen molar-refractivity contribution in [2.45, 2.75) is 26.9 Å². The molecule has 0 amide bonds. The molecule has 0 saturated heterocycles. The first-order chi connectivity index (χ1) is 9.56. The first-order valence-electron chi connectivity index (χ1n) is 6.58. The van der Waals surface area contributed by atoms with Crippen LogP contribution in [0.2, 0.25) is 5.02 Å². The van der Waals surface area contributed by atoms with Gasteiger partial charge in [0.05, 0.1) is 18.1 Å². The van der Waals surface area contributed by atoms with Crippen molar-refractivity contribution in [1.82, 2.24) is 20.1 Å². The van der Waals surface area contributed by atoms with E-state index in [4.69, 9.17) is 11.6 Å². The van der Waals surface area contributed by atoms with Crippen molar-refractivity contribution in [3.63, 3.8) is 0 Å². The van der Waals surface area contributed by atoms with Crippen LogP contribution in [0.4, 0.5) is 4.39 Å². The molecule has 108 valence electrons. The number of aromatic nitrogens is 3. The average molecular weight is 297 g/mol. The zero-order valence-corrected chi connectivity index (χ0v) is 12.4. The lowest BCUT2D eigenvalue weighted by molar-refractivity contribution is 0.539. The van der Waals surface area contributed by atoms with E-state index in [9.17, 15) is 4.39 Å². The maximum Gasteiger partial charge on any atom is 0.164 e. The molecular formula is C14H18ClFN4. The van der Waals surface area contributed by atoms with E-state index in [2.05, 4.69) is 29.2 Å². The second-order valence-electron chi connectivity index (χ2n) is 5.10. The fourth-order valence-electron chi connectivity index (χ4n) is 1.81. The van der Waals surface area contributed by atoms with Crippen molar-refractivity contribution < 1.29 is 4.39 Å². The van der Waals surface area contributed by atoms with E-state index < -0.39 is 5.82 Å². The zero-order valence-electron chi connectivity index (χ0n) is 11.6. The Balaban J connectivity index is 1.97. The fourth-order valence-corrected chi connectivity index (χ4v) is 1.99. The van der Waals surface area contributed by atoms with Gasteiger partial charge < -0.3 is 5.32 Å². The Bertz CT molecular complexity index is 568. The summed E-state index contributed by atoms with van der Waals surface area (Å²) in [7, 11) is 0.